The topological polar surface area (TPSA) is 115 Å². The van der Waals surface area contributed by atoms with Crippen molar-refractivity contribution >= 4 is 38.3 Å². The van der Waals surface area contributed by atoms with Crippen LogP contribution in [0.25, 0.3) is 0 Å². The Morgan fingerprint density at radius 1 is 1.21 bits per heavy atom. The molecule has 11 heteroatoms. The van der Waals surface area contributed by atoms with Gasteiger partial charge in [0.1, 0.15) is 10.6 Å². The van der Waals surface area contributed by atoms with Crippen LogP contribution in [0.1, 0.15) is 36.2 Å². The number of carbonyl (C=O) groups is 2. The summed E-state index contributed by atoms with van der Waals surface area (Å²) in [6.07, 6.45) is 6.11. The van der Waals surface area contributed by atoms with Gasteiger partial charge in [0.15, 0.2) is 5.13 Å². The van der Waals surface area contributed by atoms with Gasteiger partial charge in [0, 0.05) is 44.0 Å². The molecule has 29 heavy (non-hydrogen) atoms. The molecule has 0 bridgehead atoms. The zero-order chi connectivity index (χ0) is 20.4. The van der Waals surface area contributed by atoms with E-state index in [0.29, 0.717) is 37.6 Å². The smallest absolute Gasteiger partial charge is 0.270 e. The lowest BCUT2D eigenvalue weighted by Gasteiger charge is -2.30. The highest BCUT2D eigenvalue weighted by Crippen LogP contribution is 2.26. The summed E-state index contributed by atoms with van der Waals surface area (Å²) in [5, 5.41) is 5.01. The summed E-state index contributed by atoms with van der Waals surface area (Å²) >= 11 is 1.32. The average molecular weight is 438 g/mol. The molecule has 1 unspecified atom stereocenters. The van der Waals surface area contributed by atoms with E-state index >= 15 is 0 Å². The highest BCUT2D eigenvalue weighted by Gasteiger charge is 2.34. The van der Waals surface area contributed by atoms with Crippen molar-refractivity contribution in [3.05, 3.63) is 29.5 Å². The van der Waals surface area contributed by atoms with Crippen LogP contribution in [0.4, 0.5) is 5.13 Å². The van der Waals surface area contributed by atoms with Crippen molar-refractivity contribution in [2.75, 3.05) is 31.5 Å². The Hall–Kier alpha value is -2.24. The number of nitrogens with one attached hydrogen (secondary N) is 2. The normalized spacial score (nSPS) is 20.7. The fraction of sp³-hybridized carbons (Fsp3) is 0.500. The third kappa shape index (κ3) is 4.21. The first-order valence-electron chi connectivity index (χ1n) is 9.63. The first kappa shape index (κ1) is 20.0. The van der Waals surface area contributed by atoms with Crippen LogP contribution in [0, 0.1) is 5.92 Å². The molecule has 0 spiro atoms. The molecule has 2 aromatic heterocycles. The van der Waals surface area contributed by atoms with Crippen LogP contribution in [0.5, 0.6) is 0 Å². The molecule has 2 aromatic rings. The molecule has 2 saturated heterocycles. The van der Waals surface area contributed by atoms with Crippen molar-refractivity contribution in [2.45, 2.75) is 30.6 Å². The molecule has 2 fully saturated rings. The van der Waals surface area contributed by atoms with Crippen LogP contribution in [-0.4, -0.2) is 65.6 Å². The van der Waals surface area contributed by atoms with Crippen molar-refractivity contribution in [2.24, 2.45) is 5.92 Å². The standard InChI is InChI=1S/C18H23N5O4S2/c24-16(21-18-19-5-9-28-18)13-4-3-8-23(12-13)29(26,27)14-10-15(20-11-14)17(25)22-6-1-2-7-22/h5,9-11,13,20H,1-4,6-8,12H2,(H,19,21,24). The quantitative estimate of drug-likeness (QED) is 0.739. The number of anilines is 1. The summed E-state index contributed by atoms with van der Waals surface area (Å²) in [7, 11) is -3.79. The molecule has 2 amide bonds. The highest BCUT2D eigenvalue weighted by molar-refractivity contribution is 7.89. The van der Waals surface area contributed by atoms with Gasteiger partial charge in [-0.1, -0.05) is 0 Å². The van der Waals surface area contributed by atoms with Gasteiger partial charge in [0.05, 0.1) is 5.92 Å². The lowest BCUT2D eigenvalue weighted by atomic mass is 9.99. The maximum Gasteiger partial charge on any atom is 0.270 e. The number of hydrogen-bond donors (Lipinski definition) is 2. The second kappa shape index (κ2) is 8.25. The minimum atomic E-state index is -3.79. The van der Waals surface area contributed by atoms with E-state index in [1.165, 1.54) is 27.9 Å². The highest BCUT2D eigenvalue weighted by atomic mass is 32.2. The second-order valence-corrected chi connectivity index (χ2v) is 10.1. The van der Waals surface area contributed by atoms with Crippen LogP contribution < -0.4 is 5.32 Å². The van der Waals surface area contributed by atoms with Gasteiger partial charge in [-0.15, -0.1) is 11.3 Å². The number of hydrogen-bond acceptors (Lipinski definition) is 6. The molecule has 4 rings (SSSR count). The van der Waals surface area contributed by atoms with Crippen molar-refractivity contribution in [1.82, 2.24) is 19.2 Å². The molecular weight excluding hydrogens is 414 g/mol. The number of aromatic amines is 1. The molecule has 4 heterocycles. The maximum absolute atomic E-state index is 13.1. The summed E-state index contributed by atoms with van der Waals surface area (Å²) < 4.78 is 27.5. The number of H-pyrrole nitrogens is 1. The maximum atomic E-state index is 13.1. The Balaban J connectivity index is 1.45. The van der Waals surface area contributed by atoms with Crippen molar-refractivity contribution in [1.29, 1.82) is 0 Å². The first-order valence-corrected chi connectivity index (χ1v) is 12.0. The zero-order valence-corrected chi connectivity index (χ0v) is 17.5. The molecular formula is C18H23N5O4S2. The number of rotatable bonds is 5. The van der Waals surface area contributed by atoms with Crippen LogP contribution in [0.2, 0.25) is 0 Å². The van der Waals surface area contributed by atoms with E-state index in [-0.39, 0.29) is 28.9 Å². The number of aromatic nitrogens is 2. The third-order valence-electron chi connectivity index (χ3n) is 5.34. The van der Waals surface area contributed by atoms with Crippen LogP contribution in [0.3, 0.4) is 0 Å². The number of carbonyl (C=O) groups excluding carboxylic acids is 2. The Morgan fingerprint density at radius 3 is 2.72 bits per heavy atom. The summed E-state index contributed by atoms with van der Waals surface area (Å²) in [6.45, 7) is 1.86. The Labute approximate surface area is 173 Å². The molecule has 2 aliphatic heterocycles. The van der Waals surface area contributed by atoms with E-state index in [1.807, 2.05) is 0 Å². The van der Waals surface area contributed by atoms with Gasteiger partial charge in [0.25, 0.3) is 5.91 Å². The molecule has 0 aliphatic carbocycles. The number of piperidine rings is 1. The lowest BCUT2D eigenvalue weighted by Crippen LogP contribution is -2.43. The Bertz CT molecular complexity index is 980. The molecule has 156 valence electrons. The molecule has 2 N–H and O–H groups in total. The van der Waals surface area contributed by atoms with E-state index in [4.69, 9.17) is 0 Å². The lowest BCUT2D eigenvalue weighted by molar-refractivity contribution is -0.120. The average Bonchev–Trinajstić information content (AvgIpc) is 3.50. The molecule has 9 nitrogen and oxygen atoms in total. The fourth-order valence-corrected chi connectivity index (χ4v) is 5.80. The number of amides is 2. The van der Waals surface area contributed by atoms with Gasteiger partial charge in [-0.2, -0.15) is 4.31 Å². The van der Waals surface area contributed by atoms with E-state index in [2.05, 4.69) is 15.3 Å². The monoisotopic (exact) mass is 437 g/mol. The summed E-state index contributed by atoms with van der Waals surface area (Å²) in [5.41, 5.74) is 0.278. The van der Waals surface area contributed by atoms with Crippen molar-refractivity contribution < 1.29 is 18.0 Å². The van der Waals surface area contributed by atoms with Gasteiger partial charge < -0.3 is 15.2 Å². The largest absolute Gasteiger partial charge is 0.356 e. The van der Waals surface area contributed by atoms with Crippen molar-refractivity contribution in [3.8, 4) is 0 Å². The molecule has 1 atom stereocenters. The molecule has 2 aliphatic rings. The fourth-order valence-electron chi connectivity index (χ4n) is 3.75. The molecule has 0 aromatic carbocycles. The van der Waals surface area contributed by atoms with Gasteiger partial charge in [-0.3, -0.25) is 9.59 Å². The SMILES string of the molecule is O=C(Nc1nccs1)C1CCCN(S(=O)(=O)c2c[nH]c(C(=O)N3CCCC3)c2)C1. The van der Waals surface area contributed by atoms with Gasteiger partial charge in [-0.05, 0) is 31.7 Å². The van der Waals surface area contributed by atoms with Crippen LogP contribution in [0.15, 0.2) is 28.7 Å². The van der Waals surface area contributed by atoms with Gasteiger partial charge in [-0.25, -0.2) is 13.4 Å². The van der Waals surface area contributed by atoms with Gasteiger partial charge in [0.2, 0.25) is 15.9 Å². The minimum Gasteiger partial charge on any atom is -0.356 e. The summed E-state index contributed by atoms with van der Waals surface area (Å²) in [4.78, 5) is 33.6. The second-order valence-electron chi connectivity index (χ2n) is 7.28. The van der Waals surface area contributed by atoms with Crippen molar-refractivity contribution in [3.63, 3.8) is 0 Å². The third-order valence-corrected chi connectivity index (χ3v) is 7.87. The first-order chi connectivity index (χ1) is 13.9. The van der Waals surface area contributed by atoms with Gasteiger partial charge >= 0.3 is 0 Å². The van der Waals surface area contributed by atoms with E-state index < -0.39 is 15.9 Å². The Morgan fingerprint density at radius 2 is 2.00 bits per heavy atom. The van der Waals surface area contributed by atoms with E-state index in [9.17, 15) is 18.0 Å². The minimum absolute atomic E-state index is 0.0565. The predicted octanol–water partition coefficient (Wildman–Crippen LogP) is 1.75. The summed E-state index contributed by atoms with van der Waals surface area (Å²) in [5.74, 6) is -0.839. The predicted molar refractivity (Wildman–Crippen MR) is 108 cm³/mol. The van der Waals surface area contributed by atoms with Crippen LogP contribution >= 0.6 is 11.3 Å². The number of nitrogens with zero attached hydrogens (tertiary/aromatic N) is 3. The van der Waals surface area contributed by atoms with E-state index in [1.54, 1.807) is 16.5 Å². The molecule has 0 radical (unpaired) electrons. The summed E-state index contributed by atoms with van der Waals surface area (Å²) in [6, 6.07) is 1.40. The molecule has 0 saturated carbocycles. The number of thiazole rings is 1. The van der Waals surface area contributed by atoms with Crippen LogP contribution in [-0.2, 0) is 14.8 Å². The number of likely N-dealkylation sites (tertiary alicyclic amines) is 1. The Kier molecular flexibility index (Phi) is 5.70. The number of sulfonamides is 1. The zero-order valence-electron chi connectivity index (χ0n) is 15.8. The van der Waals surface area contributed by atoms with E-state index in [0.717, 1.165) is 12.8 Å².